The number of pyridine rings is 1. The van der Waals surface area contributed by atoms with Crippen molar-refractivity contribution in [1.29, 1.82) is 0 Å². The normalized spacial score (nSPS) is 13.7. The minimum Gasteiger partial charge on any atom is -0.377 e. The minimum atomic E-state index is -4.05. The van der Waals surface area contributed by atoms with E-state index < -0.39 is 10.1 Å². The summed E-state index contributed by atoms with van der Waals surface area (Å²) in [6.45, 7) is 2.02. The number of benzene rings is 2. The second-order valence-corrected chi connectivity index (χ2v) is 7.63. The number of fused-ring (bicyclic) bond motifs is 2. The first-order chi connectivity index (χ1) is 12.5. The number of carbonyl (C=O) groups excluding carboxylic acids is 1. The van der Waals surface area contributed by atoms with Gasteiger partial charge in [0.2, 0.25) is 5.91 Å². The molecule has 1 aliphatic rings. The first-order valence-corrected chi connectivity index (χ1v) is 9.56. The smallest absolute Gasteiger partial charge is 0.339 e. The highest BCUT2D eigenvalue weighted by atomic mass is 32.2. The first-order valence-electron chi connectivity index (χ1n) is 8.15. The molecular weight excluding hydrogens is 352 g/mol. The van der Waals surface area contributed by atoms with Crippen LogP contribution in [-0.4, -0.2) is 25.9 Å². The van der Waals surface area contributed by atoms with Crippen molar-refractivity contribution in [2.24, 2.45) is 0 Å². The van der Waals surface area contributed by atoms with Crippen molar-refractivity contribution in [3.05, 3.63) is 60.3 Å². The number of anilines is 1. The van der Waals surface area contributed by atoms with Gasteiger partial charge in [0.05, 0.1) is 0 Å². The van der Waals surface area contributed by atoms with Crippen LogP contribution in [0.1, 0.15) is 12.5 Å². The molecule has 0 unspecified atom stereocenters. The second-order valence-electron chi connectivity index (χ2n) is 6.08. The molecule has 0 saturated heterocycles. The SMILES string of the molecule is CC(=O)N1CCc2ccc(S(=O)(=O)Oc3cccc4cccnc34)cc21. The zero-order valence-electron chi connectivity index (χ0n) is 14.0. The van der Waals surface area contributed by atoms with Crippen LogP contribution in [0, 0.1) is 0 Å². The van der Waals surface area contributed by atoms with E-state index in [1.54, 1.807) is 35.4 Å². The average molecular weight is 368 g/mol. The molecule has 7 heteroatoms. The summed E-state index contributed by atoms with van der Waals surface area (Å²) in [6.07, 6.45) is 2.30. The lowest BCUT2D eigenvalue weighted by Gasteiger charge is -2.16. The van der Waals surface area contributed by atoms with Crippen molar-refractivity contribution in [3.8, 4) is 5.75 Å². The lowest BCUT2D eigenvalue weighted by molar-refractivity contribution is -0.116. The van der Waals surface area contributed by atoms with Gasteiger partial charge in [-0.3, -0.25) is 9.78 Å². The maximum Gasteiger partial charge on any atom is 0.339 e. The zero-order valence-corrected chi connectivity index (χ0v) is 14.9. The van der Waals surface area contributed by atoms with Crippen LogP contribution < -0.4 is 9.08 Å². The Hall–Kier alpha value is -2.93. The van der Waals surface area contributed by atoms with Gasteiger partial charge in [0.15, 0.2) is 5.75 Å². The van der Waals surface area contributed by atoms with Gasteiger partial charge in [0, 0.05) is 30.7 Å². The van der Waals surface area contributed by atoms with Gasteiger partial charge in [-0.05, 0) is 36.2 Å². The average Bonchev–Trinajstić information content (AvgIpc) is 3.05. The molecule has 0 bridgehead atoms. The first kappa shape index (κ1) is 16.5. The standard InChI is InChI=1S/C19H16N2O4S/c1-13(22)21-11-9-14-7-8-16(12-17(14)21)26(23,24)25-18-6-2-4-15-5-3-10-20-19(15)18/h2-8,10,12H,9,11H2,1H3. The summed E-state index contributed by atoms with van der Waals surface area (Å²) in [5, 5.41) is 0.789. The number of hydrogen-bond acceptors (Lipinski definition) is 5. The Bertz CT molecular complexity index is 1120. The van der Waals surface area contributed by atoms with Gasteiger partial charge in [0.25, 0.3) is 0 Å². The summed E-state index contributed by atoms with van der Waals surface area (Å²) in [7, 11) is -4.05. The van der Waals surface area contributed by atoms with Crippen molar-refractivity contribution >= 4 is 32.6 Å². The quantitative estimate of drug-likeness (QED) is 0.665. The second kappa shape index (κ2) is 6.10. The van der Waals surface area contributed by atoms with Crippen LogP contribution in [0.3, 0.4) is 0 Å². The van der Waals surface area contributed by atoms with Crippen molar-refractivity contribution in [2.75, 3.05) is 11.4 Å². The molecular formula is C19H16N2O4S. The van der Waals surface area contributed by atoms with E-state index in [2.05, 4.69) is 4.98 Å². The maximum absolute atomic E-state index is 12.8. The Morgan fingerprint density at radius 2 is 1.96 bits per heavy atom. The molecule has 0 spiro atoms. The summed E-state index contributed by atoms with van der Waals surface area (Å²) in [5.41, 5.74) is 2.05. The number of carbonyl (C=O) groups is 1. The van der Waals surface area contributed by atoms with E-state index in [0.29, 0.717) is 24.2 Å². The Balaban J connectivity index is 1.74. The highest BCUT2D eigenvalue weighted by Gasteiger charge is 2.26. The van der Waals surface area contributed by atoms with Gasteiger partial charge in [-0.15, -0.1) is 0 Å². The maximum atomic E-state index is 12.8. The van der Waals surface area contributed by atoms with E-state index in [-0.39, 0.29) is 16.6 Å². The third kappa shape index (κ3) is 2.80. The van der Waals surface area contributed by atoms with Gasteiger partial charge in [-0.2, -0.15) is 8.42 Å². The van der Waals surface area contributed by atoms with Crippen LogP contribution in [0.5, 0.6) is 5.75 Å². The number of amides is 1. The fourth-order valence-corrected chi connectivity index (χ4v) is 4.11. The predicted octanol–water partition coefficient (Wildman–Crippen LogP) is 2.91. The minimum absolute atomic E-state index is 0.0114. The van der Waals surface area contributed by atoms with Crippen molar-refractivity contribution < 1.29 is 17.4 Å². The molecule has 0 fully saturated rings. The summed E-state index contributed by atoms with van der Waals surface area (Å²) >= 11 is 0. The van der Waals surface area contributed by atoms with Gasteiger partial charge in [0.1, 0.15) is 10.4 Å². The van der Waals surface area contributed by atoms with Crippen molar-refractivity contribution in [2.45, 2.75) is 18.2 Å². The fraction of sp³-hybridized carbons (Fsp3) is 0.158. The number of rotatable bonds is 3. The molecule has 0 aliphatic carbocycles. The van der Waals surface area contributed by atoms with E-state index in [1.807, 2.05) is 12.1 Å². The zero-order chi connectivity index (χ0) is 18.3. The van der Waals surface area contributed by atoms with E-state index in [0.717, 1.165) is 10.9 Å². The van der Waals surface area contributed by atoms with Crippen LogP contribution in [0.4, 0.5) is 5.69 Å². The van der Waals surface area contributed by atoms with E-state index in [1.165, 1.54) is 19.1 Å². The number of para-hydroxylation sites is 1. The predicted molar refractivity (Wildman–Crippen MR) is 97.7 cm³/mol. The van der Waals surface area contributed by atoms with Gasteiger partial charge >= 0.3 is 10.1 Å². The van der Waals surface area contributed by atoms with Crippen LogP contribution in [0.15, 0.2) is 59.6 Å². The molecule has 6 nitrogen and oxygen atoms in total. The van der Waals surface area contributed by atoms with E-state index in [4.69, 9.17) is 4.18 Å². The molecule has 2 heterocycles. The highest BCUT2D eigenvalue weighted by molar-refractivity contribution is 7.87. The molecule has 0 radical (unpaired) electrons. The molecule has 132 valence electrons. The van der Waals surface area contributed by atoms with Gasteiger partial charge in [-0.1, -0.05) is 24.3 Å². The molecule has 26 heavy (non-hydrogen) atoms. The Morgan fingerprint density at radius 3 is 2.77 bits per heavy atom. The molecule has 0 atom stereocenters. The van der Waals surface area contributed by atoms with Gasteiger partial charge < -0.3 is 9.08 Å². The molecule has 3 aromatic rings. The summed E-state index contributed by atoms with van der Waals surface area (Å²) < 4.78 is 30.9. The summed E-state index contributed by atoms with van der Waals surface area (Å²) in [5.74, 6) is 0.0597. The molecule has 0 N–H and O–H groups in total. The fourth-order valence-electron chi connectivity index (χ4n) is 3.15. The number of hydrogen-bond donors (Lipinski definition) is 0. The number of aromatic nitrogens is 1. The molecule has 4 rings (SSSR count). The third-order valence-electron chi connectivity index (χ3n) is 4.42. The lowest BCUT2D eigenvalue weighted by atomic mass is 10.2. The topological polar surface area (TPSA) is 76.6 Å². The summed E-state index contributed by atoms with van der Waals surface area (Å²) in [6, 6.07) is 13.5. The van der Waals surface area contributed by atoms with Crippen LogP contribution in [0.25, 0.3) is 10.9 Å². The Labute approximate surface area is 151 Å². The summed E-state index contributed by atoms with van der Waals surface area (Å²) in [4.78, 5) is 17.5. The van der Waals surface area contributed by atoms with Gasteiger partial charge in [-0.25, -0.2) is 0 Å². The van der Waals surface area contributed by atoms with Crippen LogP contribution in [0.2, 0.25) is 0 Å². The largest absolute Gasteiger partial charge is 0.377 e. The molecule has 1 amide bonds. The Morgan fingerprint density at radius 1 is 1.15 bits per heavy atom. The van der Waals surface area contributed by atoms with E-state index in [9.17, 15) is 13.2 Å². The molecule has 2 aromatic carbocycles. The number of nitrogens with zero attached hydrogens (tertiary/aromatic N) is 2. The van der Waals surface area contributed by atoms with Crippen molar-refractivity contribution in [3.63, 3.8) is 0 Å². The van der Waals surface area contributed by atoms with Crippen LogP contribution in [-0.2, 0) is 21.3 Å². The lowest BCUT2D eigenvalue weighted by Crippen LogP contribution is -2.26. The highest BCUT2D eigenvalue weighted by Crippen LogP contribution is 2.32. The van der Waals surface area contributed by atoms with E-state index >= 15 is 0 Å². The third-order valence-corrected chi connectivity index (χ3v) is 5.65. The molecule has 1 aliphatic heterocycles. The molecule has 0 saturated carbocycles. The van der Waals surface area contributed by atoms with Crippen LogP contribution >= 0.6 is 0 Å². The Kier molecular flexibility index (Phi) is 3.88. The van der Waals surface area contributed by atoms with Crippen molar-refractivity contribution in [1.82, 2.24) is 4.98 Å². The monoisotopic (exact) mass is 368 g/mol. The molecule has 1 aromatic heterocycles.